The van der Waals surface area contributed by atoms with Gasteiger partial charge in [0.25, 0.3) is 10.0 Å². The SMILES string of the molecule is CS(=O)(=O)Nc1cccc(C2=NN(S(=O)(=O)c3ccc(F)cc3)[C@H](c3ccco3)C2)c1. The largest absolute Gasteiger partial charge is 0.467 e. The Morgan fingerprint density at radius 3 is 2.45 bits per heavy atom. The fourth-order valence-corrected chi connectivity index (χ4v) is 5.24. The van der Waals surface area contributed by atoms with Gasteiger partial charge in [-0.3, -0.25) is 4.72 Å². The summed E-state index contributed by atoms with van der Waals surface area (Å²) in [6.45, 7) is 0. The highest BCUT2D eigenvalue weighted by Gasteiger charge is 2.39. The Kier molecular flexibility index (Phi) is 5.31. The summed E-state index contributed by atoms with van der Waals surface area (Å²) in [5, 5.41) is 4.33. The van der Waals surface area contributed by atoms with Crippen LogP contribution in [0.5, 0.6) is 0 Å². The quantitative estimate of drug-likeness (QED) is 0.603. The molecule has 4 rings (SSSR count). The van der Waals surface area contributed by atoms with E-state index in [1.807, 2.05) is 0 Å². The van der Waals surface area contributed by atoms with Crippen LogP contribution >= 0.6 is 0 Å². The van der Waals surface area contributed by atoms with Crippen molar-refractivity contribution in [2.75, 3.05) is 11.0 Å². The molecule has 1 aliphatic heterocycles. The summed E-state index contributed by atoms with van der Waals surface area (Å²) in [4.78, 5) is -0.108. The van der Waals surface area contributed by atoms with Gasteiger partial charge in [-0.2, -0.15) is 17.9 Å². The third-order valence-electron chi connectivity index (χ3n) is 4.60. The minimum Gasteiger partial charge on any atom is -0.467 e. The van der Waals surface area contributed by atoms with Gasteiger partial charge in [-0.1, -0.05) is 12.1 Å². The van der Waals surface area contributed by atoms with Gasteiger partial charge in [0.05, 0.1) is 23.1 Å². The second-order valence-corrected chi connectivity index (χ2v) is 10.5. The number of sulfonamides is 2. The van der Waals surface area contributed by atoms with E-state index in [0.717, 1.165) is 22.8 Å². The maximum atomic E-state index is 13.3. The molecule has 0 radical (unpaired) electrons. The van der Waals surface area contributed by atoms with E-state index in [0.29, 0.717) is 22.7 Å². The molecule has 0 aliphatic carbocycles. The molecule has 1 atom stereocenters. The van der Waals surface area contributed by atoms with Crippen LogP contribution in [-0.4, -0.2) is 33.2 Å². The molecule has 1 N–H and O–H groups in total. The molecule has 11 heteroatoms. The van der Waals surface area contributed by atoms with Gasteiger partial charge in [-0.15, -0.1) is 0 Å². The smallest absolute Gasteiger partial charge is 0.279 e. The standard InChI is InChI=1S/C20H18FN3O5S2/c1-30(25,26)23-16-5-2-4-14(12-16)18-13-19(20-6-3-11-29-20)24(22-18)31(27,28)17-9-7-15(21)8-10-17/h2-12,19,23H,13H2,1H3/t19-/m0/s1. The monoisotopic (exact) mass is 463 g/mol. The van der Waals surface area contributed by atoms with E-state index in [9.17, 15) is 21.2 Å². The predicted molar refractivity (Wildman–Crippen MR) is 113 cm³/mol. The molecule has 0 saturated carbocycles. The Bertz CT molecular complexity index is 1340. The molecular weight excluding hydrogens is 445 g/mol. The van der Waals surface area contributed by atoms with Crippen molar-refractivity contribution in [2.24, 2.45) is 5.10 Å². The molecule has 0 unspecified atom stereocenters. The van der Waals surface area contributed by atoms with Crippen LogP contribution in [-0.2, 0) is 20.0 Å². The van der Waals surface area contributed by atoms with Gasteiger partial charge in [0.15, 0.2) is 0 Å². The Morgan fingerprint density at radius 1 is 1.06 bits per heavy atom. The molecule has 1 aromatic heterocycles. The highest BCUT2D eigenvalue weighted by atomic mass is 32.2. The van der Waals surface area contributed by atoms with E-state index < -0.39 is 31.9 Å². The van der Waals surface area contributed by atoms with Crippen molar-refractivity contribution < 1.29 is 25.6 Å². The van der Waals surface area contributed by atoms with E-state index in [2.05, 4.69) is 9.82 Å². The molecule has 8 nitrogen and oxygen atoms in total. The zero-order valence-electron chi connectivity index (χ0n) is 16.3. The van der Waals surface area contributed by atoms with Crippen molar-refractivity contribution in [3.8, 4) is 0 Å². The first-order chi connectivity index (χ1) is 14.6. The van der Waals surface area contributed by atoms with Crippen molar-refractivity contribution in [2.45, 2.75) is 17.4 Å². The number of benzene rings is 2. The lowest BCUT2D eigenvalue weighted by molar-refractivity contribution is 0.320. The zero-order chi connectivity index (χ0) is 22.2. The third-order valence-corrected chi connectivity index (χ3v) is 6.90. The topological polar surface area (TPSA) is 109 Å². The predicted octanol–water partition coefficient (Wildman–Crippen LogP) is 3.33. The molecule has 3 aromatic rings. The second kappa shape index (κ2) is 7.82. The Hall–Kier alpha value is -3.18. The van der Waals surface area contributed by atoms with E-state index >= 15 is 0 Å². The van der Waals surface area contributed by atoms with E-state index in [-0.39, 0.29) is 11.3 Å². The number of furan rings is 1. The third kappa shape index (κ3) is 4.47. The van der Waals surface area contributed by atoms with Gasteiger partial charge < -0.3 is 4.42 Å². The van der Waals surface area contributed by atoms with Gasteiger partial charge in [-0.05, 0) is 54.1 Å². The van der Waals surface area contributed by atoms with Crippen LogP contribution in [0.1, 0.15) is 23.8 Å². The van der Waals surface area contributed by atoms with Gasteiger partial charge >= 0.3 is 0 Å². The maximum absolute atomic E-state index is 13.3. The van der Waals surface area contributed by atoms with Crippen LogP contribution in [0.15, 0.2) is 81.3 Å². The number of nitrogens with zero attached hydrogens (tertiary/aromatic N) is 2. The lowest BCUT2D eigenvalue weighted by atomic mass is 10.0. The number of anilines is 1. The number of hydrogen-bond donors (Lipinski definition) is 1. The Balaban J connectivity index is 1.76. The Morgan fingerprint density at radius 2 is 1.81 bits per heavy atom. The number of hydrogen-bond acceptors (Lipinski definition) is 6. The number of hydrazone groups is 1. The van der Waals surface area contributed by atoms with Gasteiger partial charge in [0.1, 0.15) is 17.6 Å². The van der Waals surface area contributed by atoms with Crippen molar-refractivity contribution in [3.05, 3.63) is 84.1 Å². The van der Waals surface area contributed by atoms with Crippen LogP contribution in [0.25, 0.3) is 0 Å². The summed E-state index contributed by atoms with van der Waals surface area (Å²) < 4.78 is 71.6. The molecule has 0 amide bonds. The minimum atomic E-state index is -4.10. The molecule has 2 aromatic carbocycles. The van der Waals surface area contributed by atoms with Crippen LogP contribution in [0, 0.1) is 5.82 Å². The molecule has 0 spiro atoms. The van der Waals surface area contributed by atoms with Gasteiger partial charge in [-0.25, -0.2) is 12.8 Å². The normalized spacial score (nSPS) is 16.9. The number of halogens is 1. The van der Waals surface area contributed by atoms with Crippen molar-refractivity contribution in [3.63, 3.8) is 0 Å². The molecule has 31 heavy (non-hydrogen) atoms. The summed E-state index contributed by atoms with van der Waals surface area (Å²) in [7, 11) is -7.58. The molecular formula is C20H18FN3O5S2. The lowest BCUT2D eigenvalue weighted by Gasteiger charge is -2.21. The summed E-state index contributed by atoms with van der Waals surface area (Å²) in [5.74, 6) is -0.155. The molecule has 162 valence electrons. The Labute approximate surface area is 179 Å². The first kappa shape index (κ1) is 21.1. The lowest BCUT2D eigenvalue weighted by Crippen LogP contribution is -2.27. The fourth-order valence-electron chi connectivity index (χ4n) is 3.27. The molecule has 0 bridgehead atoms. The number of rotatable bonds is 6. The van der Waals surface area contributed by atoms with E-state index in [1.54, 1.807) is 36.4 Å². The highest BCUT2D eigenvalue weighted by molar-refractivity contribution is 7.92. The summed E-state index contributed by atoms with van der Waals surface area (Å²) >= 11 is 0. The van der Waals surface area contributed by atoms with Gasteiger partial charge in [0, 0.05) is 12.1 Å². The molecule has 0 fully saturated rings. The van der Waals surface area contributed by atoms with Crippen LogP contribution in [0.4, 0.5) is 10.1 Å². The summed E-state index contributed by atoms with van der Waals surface area (Å²) in [6, 6.07) is 13.5. The average Bonchev–Trinajstić information content (AvgIpc) is 3.37. The molecule has 2 heterocycles. The van der Waals surface area contributed by atoms with Gasteiger partial charge in [0.2, 0.25) is 10.0 Å². The first-order valence-corrected chi connectivity index (χ1v) is 12.5. The zero-order valence-corrected chi connectivity index (χ0v) is 17.9. The maximum Gasteiger partial charge on any atom is 0.279 e. The van der Waals surface area contributed by atoms with Crippen molar-refractivity contribution in [1.29, 1.82) is 0 Å². The molecule has 0 saturated heterocycles. The first-order valence-electron chi connectivity index (χ1n) is 9.12. The van der Waals surface area contributed by atoms with E-state index in [1.165, 1.54) is 18.4 Å². The highest BCUT2D eigenvalue weighted by Crippen LogP contribution is 2.37. The van der Waals surface area contributed by atoms with Crippen molar-refractivity contribution in [1.82, 2.24) is 4.41 Å². The fraction of sp³-hybridized carbons (Fsp3) is 0.150. The van der Waals surface area contributed by atoms with Crippen LogP contribution in [0.3, 0.4) is 0 Å². The summed E-state index contributed by atoms with van der Waals surface area (Å²) in [5.41, 5.74) is 1.32. The average molecular weight is 464 g/mol. The van der Waals surface area contributed by atoms with Crippen molar-refractivity contribution >= 4 is 31.4 Å². The van der Waals surface area contributed by atoms with E-state index in [4.69, 9.17) is 4.42 Å². The van der Waals surface area contributed by atoms with Crippen LogP contribution in [0.2, 0.25) is 0 Å². The van der Waals surface area contributed by atoms with Crippen LogP contribution < -0.4 is 4.72 Å². The second-order valence-electron chi connectivity index (χ2n) is 6.97. The summed E-state index contributed by atoms with van der Waals surface area (Å²) in [6.07, 6.45) is 2.68. The number of nitrogens with one attached hydrogen (secondary N) is 1. The minimum absolute atomic E-state index is 0.108. The molecule has 1 aliphatic rings.